The molecule has 23 heavy (non-hydrogen) atoms. The highest BCUT2D eigenvalue weighted by Crippen LogP contribution is 2.39. The summed E-state index contributed by atoms with van der Waals surface area (Å²) in [5, 5.41) is 7.54. The van der Waals surface area contributed by atoms with E-state index in [1.807, 2.05) is 30.3 Å². The van der Waals surface area contributed by atoms with E-state index < -0.39 is 0 Å². The van der Waals surface area contributed by atoms with Gasteiger partial charge in [0.25, 0.3) is 0 Å². The van der Waals surface area contributed by atoms with Gasteiger partial charge in [-0.1, -0.05) is 18.2 Å². The van der Waals surface area contributed by atoms with E-state index in [1.54, 1.807) is 6.26 Å². The third kappa shape index (κ3) is 3.35. The van der Waals surface area contributed by atoms with E-state index in [0.29, 0.717) is 11.8 Å². The zero-order chi connectivity index (χ0) is 15.6. The van der Waals surface area contributed by atoms with Crippen LogP contribution in [0.5, 0.6) is 0 Å². The van der Waals surface area contributed by atoms with Crippen LogP contribution in [0.4, 0.5) is 0 Å². The monoisotopic (exact) mass is 308 g/mol. The van der Waals surface area contributed by atoms with Crippen LogP contribution in [0.2, 0.25) is 0 Å². The Bertz CT molecular complexity index is 773. The first kappa shape index (κ1) is 14.2. The topological polar surface area (TPSA) is 58.0 Å². The van der Waals surface area contributed by atoms with Crippen molar-refractivity contribution in [3.8, 4) is 11.5 Å². The highest BCUT2D eigenvalue weighted by Gasteiger charge is 2.26. The van der Waals surface area contributed by atoms with E-state index in [1.165, 1.54) is 18.5 Å². The van der Waals surface area contributed by atoms with E-state index >= 15 is 0 Å². The Morgan fingerprint density at radius 1 is 1.22 bits per heavy atom. The van der Waals surface area contributed by atoms with E-state index in [2.05, 4.69) is 33.2 Å². The van der Waals surface area contributed by atoms with Crippen molar-refractivity contribution in [3.05, 3.63) is 59.7 Å². The lowest BCUT2D eigenvalue weighted by Gasteiger charge is -2.13. The second-order valence-corrected chi connectivity index (χ2v) is 6.27. The van der Waals surface area contributed by atoms with Crippen molar-refractivity contribution in [1.29, 1.82) is 0 Å². The molecule has 0 amide bonds. The summed E-state index contributed by atoms with van der Waals surface area (Å²) in [6.07, 6.45) is 4.30. The maximum absolute atomic E-state index is 5.59. The molecule has 4 rings (SSSR count). The number of aromatic nitrogens is 3. The smallest absolute Gasteiger partial charge is 0.226 e. The molecular weight excluding hydrogens is 288 g/mol. The van der Waals surface area contributed by atoms with Crippen molar-refractivity contribution in [2.24, 2.45) is 0 Å². The van der Waals surface area contributed by atoms with E-state index in [9.17, 15) is 0 Å². The number of oxazole rings is 1. The molecule has 1 N–H and O–H groups in total. The fourth-order valence-electron chi connectivity index (χ4n) is 2.76. The number of nitrogens with one attached hydrogen (secondary N) is 1. The first-order valence-corrected chi connectivity index (χ1v) is 8.00. The number of hydrogen-bond acceptors (Lipinski definition) is 4. The molecule has 1 fully saturated rings. The summed E-state index contributed by atoms with van der Waals surface area (Å²) in [4.78, 5) is 6.78. The third-order valence-electron chi connectivity index (χ3n) is 4.09. The maximum atomic E-state index is 5.59. The molecule has 1 aliphatic rings. The maximum Gasteiger partial charge on any atom is 0.226 e. The first-order chi connectivity index (χ1) is 11.3. The van der Waals surface area contributed by atoms with Gasteiger partial charge in [-0.3, -0.25) is 10.00 Å². The number of hydrogen-bond donors (Lipinski definition) is 1. The van der Waals surface area contributed by atoms with Crippen LogP contribution in [0, 0.1) is 0 Å². The Morgan fingerprint density at radius 3 is 2.83 bits per heavy atom. The van der Waals surface area contributed by atoms with E-state index in [4.69, 9.17) is 4.42 Å². The molecule has 1 saturated carbocycles. The summed E-state index contributed by atoms with van der Waals surface area (Å²) in [5.74, 6) is 1.36. The van der Waals surface area contributed by atoms with E-state index in [0.717, 1.165) is 30.0 Å². The van der Waals surface area contributed by atoms with Gasteiger partial charge in [0.1, 0.15) is 6.26 Å². The summed E-state index contributed by atoms with van der Waals surface area (Å²) in [7, 11) is 2.08. The molecule has 2 heterocycles. The SMILES string of the molecule is CN(Cc1coc(-c2ccccc2)n1)Cc1cc(C2CC2)n[nH]1. The molecule has 0 aliphatic heterocycles. The van der Waals surface area contributed by atoms with Gasteiger partial charge in [0.15, 0.2) is 0 Å². The minimum atomic E-state index is 0.673. The van der Waals surface area contributed by atoms with E-state index in [-0.39, 0.29) is 0 Å². The standard InChI is InChI=1S/C18H20N4O/c1-22(10-15-9-17(21-20-15)13-7-8-13)11-16-12-23-18(19-16)14-5-3-2-4-6-14/h2-6,9,12-13H,7-8,10-11H2,1H3,(H,20,21). The van der Waals surface area contributed by atoms with Gasteiger partial charge in [-0.15, -0.1) is 0 Å². The predicted molar refractivity (Wildman–Crippen MR) is 87.7 cm³/mol. The Hall–Kier alpha value is -2.40. The molecule has 118 valence electrons. The van der Waals surface area contributed by atoms with Gasteiger partial charge < -0.3 is 4.42 Å². The Kier molecular flexibility index (Phi) is 3.71. The highest BCUT2D eigenvalue weighted by atomic mass is 16.3. The second kappa shape index (κ2) is 6.01. The summed E-state index contributed by atoms with van der Waals surface area (Å²) >= 11 is 0. The molecule has 5 nitrogen and oxygen atoms in total. The number of H-pyrrole nitrogens is 1. The molecular formula is C18H20N4O. The Labute approximate surface area is 135 Å². The van der Waals surface area contributed by atoms with Gasteiger partial charge >= 0.3 is 0 Å². The molecule has 5 heteroatoms. The summed E-state index contributed by atoms with van der Waals surface area (Å²) < 4.78 is 5.59. The van der Waals surface area contributed by atoms with Crippen molar-refractivity contribution >= 4 is 0 Å². The average Bonchev–Trinajstić information content (AvgIpc) is 3.14. The van der Waals surface area contributed by atoms with Crippen molar-refractivity contribution < 1.29 is 4.42 Å². The van der Waals surface area contributed by atoms with Gasteiger partial charge in [0.05, 0.1) is 11.4 Å². The molecule has 3 aromatic rings. The lowest BCUT2D eigenvalue weighted by Crippen LogP contribution is -2.17. The molecule has 0 bridgehead atoms. The van der Waals surface area contributed by atoms with Crippen molar-refractivity contribution in [3.63, 3.8) is 0 Å². The molecule has 0 spiro atoms. The average molecular weight is 308 g/mol. The molecule has 0 saturated heterocycles. The number of aromatic amines is 1. The van der Waals surface area contributed by atoms with Crippen molar-refractivity contribution in [1.82, 2.24) is 20.1 Å². The van der Waals surface area contributed by atoms with Crippen molar-refractivity contribution in [2.75, 3.05) is 7.05 Å². The summed E-state index contributed by atoms with van der Waals surface area (Å²) in [5.41, 5.74) is 4.31. The molecule has 1 aromatic carbocycles. The van der Waals surface area contributed by atoms with Crippen LogP contribution in [-0.2, 0) is 13.1 Å². The quantitative estimate of drug-likeness (QED) is 0.756. The van der Waals surface area contributed by atoms with Crippen LogP contribution in [0.25, 0.3) is 11.5 Å². The fraction of sp³-hybridized carbons (Fsp3) is 0.333. The van der Waals surface area contributed by atoms with Crippen molar-refractivity contribution in [2.45, 2.75) is 31.8 Å². The van der Waals surface area contributed by atoms with Gasteiger partial charge in [-0.05, 0) is 38.1 Å². The van der Waals surface area contributed by atoms with Gasteiger partial charge in [-0.25, -0.2) is 4.98 Å². The Morgan fingerprint density at radius 2 is 2.04 bits per heavy atom. The molecule has 0 radical (unpaired) electrons. The molecule has 2 aromatic heterocycles. The number of rotatable bonds is 6. The minimum Gasteiger partial charge on any atom is -0.444 e. The number of nitrogens with zero attached hydrogens (tertiary/aromatic N) is 3. The van der Waals surface area contributed by atoms with Crippen LogP contribution >= 0.6 is 0 Å². The molecule has 0 atom stereocenters. The van der Waals surface area contributed by atoms with Crippen LogP contribution in [0.3, 0.4) is 0 Å². The molecule has 0 unspecified atom stereocenters. The largest absolute Gasteiger partial charge is 0.444 e. The lowest BCUT2D eigenvalue weighted by molar-refractivity contribution is 0.310. The normalized spacial score (nSPS) is 14.5. The van der Waals surface area contributed by atoms with Crippen LogP contribution in [0.15, 0.2) is 47.1 Å². The third-order valence-corrected chi connectivity index (χ3v) is 4.09. The van der Waals surface area contributed by atoms with Gasteiger partial charge in [0, 0.05) is 30.3 Å². The number of benzene rings is 1. The zero-order valence-electron chi connectivity index (χ0n) is 13.2. The molecule has 1 aliphatic carbocycles. The Balaban J connectivity index is 1.38. The fourth-order valence-corrected chi connectivity index (χ4v) is 2.76. The first-order valence-electron chi connectivity index (χ1n) is 8.00. The highest BCUT2D eigenvalue weighted by molar-refractivity contribution is 5.52. The second-order valence-electron chi connectivity index (χ2n) is 6.27. The summed E-state index contributed by atoms with van der Waals surface area (Å²) in [6.45, 7) is 1.57. The van der Waals surface area contributed by atoms with Crippen LogP contribution < -0.4 is 0 Å². The van der Waals surface area contributed by atoms with Crippen LogP contribution in [0.1, 0.15) is 35.8 Å². The lowest BCUT2D eigenvalue weighted by atomic mass is 10.2. The van der Waals surface area contributed by atoms with Gasteiger partial charge in [0.2, 0.25) is 5.89 Å². The summed E-state index contributed by atoms with van der Waals surface area (Å²) in [6, 6.07) is 12.2. The van der Waals surface area contributed by atoms with Gasteiger partial charge in [-0.2, -0.15) is 5.10 Å². The minimum absolute atomic E-state index is 0.673. The van der Waals surface area contributed by atoms with Crippen LogP contribution in [-0.4, -0.2) is 27.1 Å². The zero-order valence-corrected chi connectivity index (χ0v) is 13.2. The predicted octanol–water partition coefficient (Wildman–Crippen LogP) is 3.57.